The number of halogens is 1. The molecule has 0 saturated heterocycles. The number of aryl methyl sites for hydroxylation is 2. The summed E-state index contributed by atoms with van der Waals surface area (Å²) in [5.74, 6) is 0.813. The van der Waals surface area contributed by atoms with Gasteiger partial charge >= 0.3 is 6.03 Å². The van der Waals surface area contributed by atoms with Crippen molar-refractivity contribution in [2.75, 3.05) is 12.4 Å². The van der Waals surface area contributed by atoms with Crippen molar-refractivity contribution in [3.05, 3.63) is 58.1 Å². The van der Waals surface area contributed by atoms with Crippen molar-refractivity contribution in [3.63, 3.8) is 0 Å². The monoisotopic (exact) mass is 332 g/mol. The first-order chi connectivity index (χ1) is 11.0. The summed E-state index contributed by atoms with van der Waals surface area (Å²) < 4.78 is 5.90. The summed E-state index contributed by atoms with van der Waals surface area (Å²) in [6.45, 7) is 4.42. The molecular formula is C18H21ClN2O2. The molecule has 2 N–H and O–H groups in total. The van der Waals surface area contributed by atoms with E-state index < -0.39 is 0 Å². The van der Waals surface area contributed by atoms with Crippen molar-refractivity contribution in [3.8, 4) is 5.75 Å². The summed E-state index contributed by atoms with van der Waals surface area (Å²) in [6, 6.07) is 11.2. The van der Waals surface area contributed by atoms with Gasteiger partial charge in [-0.25, -0.2) is 4.79 Å². The molecule has 23 heavy (non-hydrogen) atoms. The molecule has 2 aromatic carbocycles. The number of carbonyl (C=O) groups excluding carboxylic acids is 1. The minimum absolute atomic E-state index is 0.283. The topological polar surface area (TPSA) is 50.4 Å². The molecular weight excluding hydrogens is 312 g/mol. The number of rotatable bonds is 5. The summed E-state index contributed by atoms with van der Waals surface area (Å²) in [6.07, 6.45) is 0.992. The Hall–Kier alpha value is -2.20. The first-order valence-electron chi connectivity index (χ1n) is 7.53. The van der Waals surface area contributed by atoms with Crippen molar-refractivity contribution >= 4 is 23.3 Å². The summed E-state index contributed by atoms with van der Waals surface area (Å²) in [7, 11) is 1.56. The van der Waals surface area contributed by atoms with Crippen molar-refractivity contribution in [2.24, 2.45) is 0 Å². The molecule has 0 heterocycles. The number of urea groups is 1. The highest BCUT2D eigenvalue weighted by molar-refractivity contribution is 6.31. The van der Waals surface area contributed by atoms with Gasteiger partial charge in [0.25, 0.3) is 0 Å². The number of ether oxygens (including phenoxy) is 1. The van der Waals surface area contributed by atoms with Gasteiger partial charge in [0.05, 0.1) is 5.69 Å². The third-order valence-corrected chi connectivity index (χ3v) is 3.97. The van der Waals surface area contributed by atoms with Crippen LogP contribution in [0.1, 0.15) is 23.6 Å². The van der Waals surface area contributed by atoms with E-state index in [1.807, 2.05) is 13.0 Å². The Bertz CT molecular complexity index is 701. The Morgan fingerprint density at radius 3 is 2.70 bits per heavy atom. The molecule has 2 amide bonds. The molecule has 5 heteroatoms. The zero-order chi connectivity index (χ0) is 16.8. The van der Waals surface area contributed by atoms with Gasteiger partial charge < -0.3 is 15.4 Å². The van der Waals surface area contributed by atoms with Crippen LogP contribution < -0.4 is 15.4 Å². The highest BCUT2D eigenvalue weighted by Crippen LogP contribution is 2.27. The minimum Gasteiger partial charge on any atom is -0.488 e. The molecule has 122 valence electrons. The highest BCUT2D eigenvalue weighted by Gasteiger charge is 2.11. The van der Waals surface area contributed by atoms with Crippen molar-refractivity contribution in [1.82, 2.24) is 5.32 Å². The lowest BCUT2D eigenvalue weighted by Gasteiger charge is -2.15. The molecule has 0 bridgehead atoms. The van der Waals surface area contributed by atoms with E-state index in [4.69, 9.17) is 16.3 Å². The van der Waals surface area contributed by atoms with Gasteiger partial charge in [-0.05, 0) is 42.7 Å². The molecule has 0 aromatic heterocycles. The van der Waals surface area contributed by atoms with Crippen LogP contribution in [0.15, 0.2) is 36.4 Å². The fraction of sp³-hybridized carbons (Fsp3) is 0.278. The number of carbonyl (C=O) groups is 1. The SMILES string of the molecule is CCc1ccc(OCc2c(Cl)cccc2NC(=O)NC)c(C)c1. The minimum atomic E-state index is -0.294. The quantitative estimate of drug-likeness (QED) is 0.844. The Kier molecular flexibility index (Phi) is 5.88. The maximum atomic E-state index is 11.5. The zero-order valence-electron chi connectivity index (χ0n) is 13.6. The molecule has 0 atom stereocenters. The van der Waals surface area contributed by atoms with Gasteiger partial charge in [-0.1, -0.05) is 36.7 Å². The van der Waals surface area contributed by atoms with E-state index in [1.165, 1.54) is 5.56 Å². The van der Waals surface area contributed by atoms with E-state index in [-0.39, 0.29) is 12.6 Å². The number of hydrogen-bond acceptors (Lipinski definition) is 2. The summed E-state index contributed by atoms with van der Waals surface area (Å²) in [5.41, 5.74) is 3.74. The van der Waals surface area contributed by atoms with E-state index >= 15 is 0 Å². The maximum Gasteiger partial charge on any atom is 0.318 e. The number of amides is 2. The van der Waals surface area contributed by atoms with E-state index in [9.17, 15) is 4.79 Å². The van der Waals surface area contributed by atoms with Crippen LogP contribution >= 0.6 is 11.6 Å². The molecule has 0 saturated carbocycles. The van der Waals surface area contributed by atoms with Crippen LogP contribution in [0, 0.1) is 6.92 Å². The second-order valence-electron chi connectivity index (χ2n) is 5.21. The van der Waals surface area contributed by atoms with Gasteiger partial charge in [0.2, 0.25) is 0 Å². The predicted molar refractivity (Wildman–Crippen MR) is 94.4 cm³/mol. The number of benzene rings is 2. The molecule has 0 fully saturated rings. The summed E-state index contributed by atoms with van der Waals surface area (Å²) >= 11 is 6.26. The molecule has 0 spiro atoms. The van der Waals surface area contributed by atoms with Crippen molar-refractivity contribution in [1.29, 1.82) is 0 Å². The zero-order valence-corrected chi connectivity index (χ0v) is 14.3. The Balaban J connectivity index is 2.18. The summed E-state index contributed by atoms with van der Waals surface area (Å²) in [5, 5.41) is 5.83. The molecule has 2 rings (SSSR count). The highest BCUT2D eigenvalue weighted by atomic mass is 35.5. The third-order valence-electron chi connectivity index (χ3n) is 3.61. The van der Waals surface area contributed by atoms with Crippen LogP contribution in [0.2, 0.25) is 5.02 Å². The largest absolute Gasteiger partial charge is 0.488 e. The first kappa shape index (κ1) is 17.2. The molecule has 0 radical (unpaired) electrons. The Morgan fingerprint density at radius 1 is 1.26 bits per heavy atom. The van der Waals surface area contributed by atoms with Gasteiger partial charge in [-0.3, -0.25) is 0 Å². The predicted octanol–water partition coefficient (Wildman–Crippen LogP) is 4.54. The molecule has 4 nitrogen and oxygen atoms in total. The summed E-state index contributed by atoms with van der Waals surface area (Å²) in [4.78, 5) is 11.5. The van der Waals surface area contributed by atoms with Gasteiger partial charge in [-0.2, -0.15) is 0 Å². The number of anilines is 1. The van der Waals surface area contributed by atoms with E-state index in [1.54, 1.807) is 25.2 Å². The van der Waals surface area contributed by atoms with Crippen molar-refractivity contribution < 1.29 is 9.53 Å². The van der Waals surface area contributed by atoms with E-state index in [0.29, 0.717) is 10.7 Å². The Labute approximate surface area is 141 Å². The third kappa shape index (κ3) is 4.39. The van der Waals surface area contributed by atoms with Gasteiger partial charge in [0.15, 0.2) is 0 Å². The standard InChI is InChI=1S/C18H21ClN2O2/c1-4-13-8-9-17(12(2)10-13)23-11-14-15(19)6-5-7-16(14)21-18(22)20-3/h5-10H,4,11H2,1-3H3,(H2,20,21,22). The lowest BCUT2D eigenvalue weighted by Crippen LogP contribution is -2.25. The normalized spacial score (nSPS) is 10.3. The lowest BCUT2D eigenvalue weighted by molar-refractivity contribution is 0.254. The van der Waals surface area contributed by atoms with Crippen molar-refractivity contribution in [2.45, 2.75) is 26.9 Å². The Morgan fingerprint density at radius 2 is 2.04 bits per heavy atom. The van der Waals surface area contributed by atoms with Crippen LogP contribution in [0.25, 0.3) is 0 Å². The van der Waals surface area contributed by atoms with Crippen LogP contribution in [0.3, 0.4) is 0 Å². The van der Waals surface area contributed by atoms with Crippen LogP contribution in [-0.4, -0.2) is 13.1 Å². The lowest BCUT2D eigenvalue weighted by atomic mass is 10.1. The van der Waals surface area contributed by atoms with Gasteiger partial charge in [0.1, 0.15) is 12.4 Å². The smallest absolute Gasteiger partial charge is 0.318 e. The molecule has 2 aromatic rings. The molecule has 0 unspecified atom stereocenters. The number of hydrogen-bond donors (Lipinski definition) is 2. The fourth-order valence-corrected chi connectivity index (χ4v) is 2.48. The van der Waals surface area contributed by atoms with E-state index in [0.717, 1.165) is 23.3 Å². The fourth-order valence-electron chi connectivity index (χ4n) is 2.25. The first-order valence-corrected chi connectivity index (χ1v) is 7.91. The molecule has 0 aliphatic carbocycles. The number of nitrogens with one attached hydrogen (secondary N) is 2. The molecule has 0 aliphatic heterocycles. The average Bonchev–Trinajstić information content (AvgIpc) is 2.55. The second kappa shape index (κ2) is 7.88. The molecule has 0 aliphatic rings. The average molecular weight is 333 g/mol. The second-order valence-corrected chi connectivity index (χ2v) is 5.62. The van der Waals surface area contributed by atoms with E-state index in [2.05, 4.69) is 29.7 Å². The van der Waals surface area contributed by atoms with Gasteiger partial charge in [-0.15, -0.1) is 0 Å². The van der Waals surface area contributed by atoms with Gasteiger partial charge in [0, 0.05) is 17.6 Å². The van der Waals surface area contributed by atoms with Crippen LogP contribution in [-0.2, 0) is 13.0 Å². The van der Waals surface area contributed by atoms with Crippen LogP contribution in [0.5, 0.6) is 5.75 Å². The maximum absolute atomic E-state index is 11.5. The van der Waals surface area contributed by atoms with Crippen LogP contribution in [0.4, 0.5) is 10.5 Å².